The Morgan fingerprint density at radius 2 is 1.84 bits per heavy atom. The Kier molecular flexibility index (Phi) is 6.77. The van der Waals surface area contributed by atoms with Crippen LogP contribution >= 0.6 is 0 Å². The molecule has 0 aliphatic carbocycles. The summed E-state index contributed by atoms with van der Waals surface area (Å²) in [5.41, 5.74) is 0. The summed E-state index contributed by atoms with van der Waals surface area (Å²) in [4.78, 5) is 22.0. The quantitative estimate of drug-likeness (QED) is 0.709. The molecular formula is C10H20N2O6S. The number of hydrogen-bond acceptors (Lipinski definition) is 5. The maximum absolute atomic E-state index is 11.9. The summed E-state index contributed by atoms with van der Waals surface area (Å²) in [5, 5.41) is 8.72. The molecule has 0 saturated heterocycles. The van der Waals surface area contributed by atoms with Crippen LogP contribution in [-0.2, 0) is 19.7 Å². The minimum atomic E-state index is -4.25. The number of carbonyl (C=O) groups excluding carboxylic acids is 1. The Balaban J connectivity index is 4.98. The van der Waals surface area contributed by atoms with Crippen LogP contribution in [0.1, 0.15) is 34.1 Å². The molecule has 9 heteroatoms. The highest BCUT2D eigenvalue weighted by Crippen LogP contribution is 2.09. The van der Waals surface area contributed by atoms with E-state index in [0.717, 1.165) is 0 Å². The summed E-state index contributed by atoms with van der Waals surface area (Å²) >= 11 is 0. The van der Waals surface area contributed by atoms with E-state index in [1.54, 1.807) is 32.4 Å². The normalized spacial score (nSPS) is 13.4. The van der Waals surface area contributed by atoms with Gasteiger partial charge in [0.15, 0.2) is 0 Å². The van der Waals surface area contributed by atoms with Crippen molar-refractivity contribution in [3.05, 3.63) is 0 Å². The van der Waals surface area contributed by atoms with E-state index < -0.39 is 41.0 Å². The lowest BCUT2D eigenvalue weighted by Crippen LogP contribution is -2.49. The fourth-order valence-electron chi connectivity index (χ4n) is 1.22. The van der Waals surface area contributed by atoms with Crippen LogP contribution < -0.4 is 4.72 Å². The third kappa shape index (κ3) is 6.39. The highest BCUT2D eigenvalue weighted by Gasteiger charge is 2.30. The molecule has 0 spiro atoms. The Hall–Kier alpha value is -1.35. The molecule has 8 nitrogen and oxygen atoms in total. The van der Waals surface area contributed by atoms with E-state index in [9.17, 15) is 18.0 Å². The summed E-state index contributed by atoms with van der Waals surface area (Å²) in [5.74, 6) is -1.30. The van der Waals surface area contributed by atoms with Gasteiger partial charge in [0.2, 0.25) is 0 Å². The number of carbonyl (C=O) groups is 2. The van der Waals surface area contributed by atoms with E-state index in [0.29, 0.717) is 10.7 Å². The van der Waals surface area contributed by atoms with E-state index in [-0.39, 0.29) is 0 Å². The number of nitrogens with one attached hydrogen (secondary N) is 1. The number of amides is 1. The molecular weight excluding hydrogens is 276 g/mol. The number of carboxylic acids is 1. The first-order chi connectivity index (χ1) is 8.60. The van der Waals surface area contributed by atoms with Gasteiger partial charge in [-0.15, -0.1) is 0 Å². The van der Waals surface area contributed by atoms with Crippen LogP contribution in [0, 0.1) is 0 Å². The summed E-state index contributed by atoms with van der Waals surface area (Å²) in [6.45, 7) is 5.67. The smallest absolute Gasteiger partial charge is 0.422 e. The van der Waals surface area contributed by atoms with Gasteiger partial charge in [-0.05, 0) is 27.2 Å². The molecule has 1 unspecified atom stereocenters. The van der Waals surface area contributed by atoms with E-state index in [4.69, 9.17) is 5.11 Å². The molecule has 2 N–H and O–H groups in total. The van der Waals surface area contributed by atoms with E-state index >= 15 is 0 Å². The van der Waals surface area contributed by atoms with Gasteiger partial charge in [-0.25, -0.2) is 9.52 Å². The number of carboxylic acid groups (broad SMARTS) is 1. The molecule has 19 heavy (non-hydrogen) atoms. The SMILES string of the molecule is CCC(C)N(CC(=O)O)S(=O)(=O)NC(=O)OC(C)C. The molecule has 0 bridgehead atoms. The van der Waals surface area contributed by atoms with Gasteiger partial charge in [-0.3, -0.25) is 4.79 Å². The highest BCUT2D eigenvalue weighted by atomic mass is 32.2. The predicted octanol–water partition coefficient (Wildman–Crippen LogP) is 0.551. The maximum Gasteiger partial charge on any atom is 0.422 e. The molecule has 0 saturated carbocycles. The van der Waals surface area contributed by atoms with Gasteiger partial charge in [-0.2, -0.15) is 12.7 Å². The zero-order chi connectivity index (χ0) is 15.2. The summed E-state index contributed by atoms with van der Waals surface area (Å²) in [7, 11) is -4.25. The average molecular weight is 296 g/mol. The van der Waals surface area contributed by atoms with Crippen LogP contribution in [0.15, 0.2) is 0 Å². The lowest BCUT2D eigenvalue weighted by atomic mass is 10.2. The molecule has 0 aliphatic heterocycles. The van der Waals surface area contributed by atoms with Gasteiger partial charge in [-0.1, -0.05) is 6.92 Å². The molecule has 112 valence electrons. The fraction of sp³-hybridized carbons (Fsp3) is 0.800. The van der Waals surface area contributed by atoms with Crippen LogP contribution in [0.5, 0.6) is 0 Å². The monoisotopic (exact) mass is 296 g/mol. The molecule has 0 heterocycles. The summed E-state index contributed by atoms with van der Waals surface area (Å²) < 4.78 is 30.9. The maximum atomic E-state index is 11.9. The minimum Gasteiger partial charge on any atom is -0.480 e. The van der Waals surface area contributed by atoms with Crippen LogP contribution in [0.4, 0.5) is 4.79 Å². The molecule has 0 rings (SSSR count). The lowest BCUT2D eigenvalue weighted by Gasteiger charge is -2.25. The standard InChI is InChI=1S/C10H20N2O6S/c1-5-8(4)12(6-9(13)14)19(16,17)11-10(15)18-7(2)3/h7-8H,5-6H2,1-4H3,(H,11,15)(H,13,14). The number of ether oxygens (including phenoxy) is 1. The average Bonchev–Trinajstić information content (AvgIpc) is 2.22. The summed E-state index contributed by atoms with van der Waals surface area (Å²) in [6, 6.07) is -0.555. The Labute approximate surface area is 112 Å². The van der Waals surface area contributed by atoms with Crippen molar-refractivity contribution < 1.29 is 27.9 Å². The van der Waals surface area contributed by atoms with Gasteiger partial charge in [0.25, 0.3) is 0 Å². The van der Waals surface area contributed by atoms with Crippen molar-refractivity contribution in [2.24, 2.45) is 0 Å². The largest absolute Gasteiger partial charge is 0.480 e. The van der Waals surface area contributed by atoms with Crippen molar-refractivity contribution >= 4 is 22.3 Å². The second-order valence-corrected chi connectivity index (χ2v) is 5.88. The molecule has 1 amide bonds. The zero-order valence-corrected chi connectivity index (χ0v) is 12.2. The molecule has 0 aromatic heterocycles. The van der Waals surface area contributed by atoms with Gasteiger partial charge >= 0.3 is 22.3 Å². The fourth-order valence-corrected chi connectivity index (χ4v) is 2.50. The summed E-state index contributed by atoms with van der Waals surface area (Å²) in [6.07, 6.45) is -1.20. The molecule has 0 radical (unpaired) electrons. The molecule has 0 fully saturated rings. The second-order valence-electron chi connectivity index (χ2n) is 4.26. The van der Waals surface area contributed by atoms with Crippen molar-refractivity contribution in [2.45, 2.75) is 46.3 Å². The lowest BCUT2D eigenvalue weighted by molar-refractivity contribution is -0.137. The van der Waals surface area contributed by atoms with Crippen molar-refractivity contribution in [2.75, 3.05) is 6.54 Å². The number of rotatable bonds is 7. The first-order valence-corrected chi connectivity index (χ1v) is 7.26. The second kappa shape index (κ2) is 7.29. The first kappa shape index (κ1) is 17.6. The van der Waals surface area contributed by atoms with E-state index in [2.05, 4.69) is 4.74 Å². The van der Waals surface area contributed by atoms with E-state index in [1.165, 1.54) is 0 Å². The number of nitrogens with zero attached hydrogens (tertiary/aromatic N) is 1. The van der Waals surface area contributed by atoms with Crippen LogP contribution in [-0.4, -0.2) is 48.6 Å². The van der Waals surface area contributed by atoms with Gasteiger partial charge in [0, 0.05) is 6.04 Å². The van der Waals surface area contributed by atoms with Crippen LogP contribution in [0.25, 0.3) is 0 Å². The molecule has 0 aromatic rings. The van der Waals surface area contributed by atoms with Gasteiger partial charge < -0.3 is 9.84 Å². The molecule has 0 aromatic carbocycles. The third-order valence-corrected chi connectivity index (χ3v) is 3.77. The van der Waals surface area contributed by atoms with Gasteiger partial charge in [0.1, 0.15) is 6.54 Å². The minimum absolute atomic E-state index is 0.410. The van der Waals surface area contributed by atoms with Crippen molar-refractivity contribution in [1.29, 1.82) is 0 Å². The van der Waals surface area contributed by atoms with Crippen LogP contribution in [0.2, 0.25) is 0 Å². The first-order valence-electron chi connectivity index (χ1n) is 5.82. The van der Waals surface area contributed by atoms with Crippen molar-refractivity contribution in [3.63, 3.8) is 0 Å². The molecule has 1 atom stereocenters. The van der Waals surface area contributed by atoms with Crippen LogP contribution in [0.3, 0.4) is 0 Å². The van der Waals surface area contributed by atoms with E-state index in [1.807, 2.05) is 0 Å². The number of aliphatic carboxylic acids is 1. The number of hydrogen-bond donors (Lipinski definition) is 2. The Morgan fingerprint density at radius 3 is 2.21 bits per heavy atom. The third-order valence-electron chi connectivity index (χ3n) is 2.24. The zero-order valence-electron chi connectivity index (χ0n) is 11.4. The van der Waals surface area contributed by atoms with Crippen molar-refractivity contribution in [1.82, 2.24) is 9.03 Å². The van der Waals surface area contributed by atoms with Gasteiger partial charge in [0.05, 0.1) is 6.10 Å². The Morgan fingerprint density at radius 1 is 1.32 bits per heavy atom. The van der Waals surface area contributed by atoms with Crippen molar-refractivity contribution in [3.8, 4) is 0 Å². The molecule has 0 aliphatic rings. The predicted molar refractivity (Wildman–Crippen MR) is 67.8 cm³/mol. The Bertz CT molecular complexity index is 420. The topological polar surface area (TPSA) is 113 Å². The highest BCUT2D eigenvalue weighted by molar-refractivity contribution is 7.87.